The first-order valence-corrected chi connectivity index (χ1v) is 11.0. The Labute approximate surface area is 176 Å². The summed E-state index contributed by atoms with van der Waals surface area (Å²) >= 11 is 5.31. The Bertz CT molecular complexity index is 1070. The monoisotopic (exact) mass is 450 g/mol. The first kappa shape index (κ1) is 17.7. The number of fused-ring (bicyclic) bond motifs is 1. The lowest BCUT2D eigenvalue weighted by atomic mass is 9.81. The van der Waals surface area contributed by atoms with Gasteiger partial charge < -0.3 is 10.6 Å². The van der Waals surface area contributed by atoms with Gasteiger partial charge in [-0.2, -0.15) is 0 Å². The summed E-state index contributed by atoms with van der Waals surface area (Å²) in [6.45, 7) is 0. The van der Waals surface area contributed by atoms with Crippen LogP contribution in [0.2, 0.25) is 0 Å². The fraction of sp³-hybridized carbons (Fsp3) is 0.174. The lowest BCUT2D eigenvalue weighted by molar-refractivity contribution is -0.116. The zero-order valence-corrected chi connectivity index (χ0v) is 17.5. The highest BCUT2D eigenvalue weighted by Gasteiger charge is 2.36. The molecule has 140 valence electrons. The minimum Gasteiger partial charge on any atom is -0.372 e. The SMILES string of the molecule is O=C1CC(c2cccs2)CC2=C1C(c1cccc(Br)c1)Nc1ccccc1N2. The van der Waals surface area contributed by atoms with Gasteiger partial charge in [0.1, 0.15) is 0 Å². The van der Waals surface area contributed by atoms with Crippen molar-refractivity contribution in [3.8, 4) is 0 Å². The van der Waals surface area contributed by atoms with Crippen LogP contribution in [0.15, 0.2) is 81.8 Å². The van der Waals surface area contributed by atoms with Gasteiger partial charge in [-0.3, -0.25) is 4.79 Å². The van der Waals surface area contributed by atoms with Crippen LogP contribution in [0, 0.1) is 0 Å². The largest absolute Gasteiger partial charge is 0.372 e. The van der Waals surface area contributed by atoms with Gasteiger partial charge in [0.2, 0.25) is 0 Å². The van der Waals surface area contributed by atoms with E-state index in [1.165, 1.54) is 4.88 Å². The number of hydrogen-bond donors (Lipinski definition) is 2. The van der Waals surface area contributed by atoms with Crippen molar-refractivity contribution in [1.29, 1.82) is 0 Å². The molecule has 1 aromatic heterocycles. The number of allylic oxidation sites excluding steroid dienone is 1. The van der Waals surface area contributed by atoms with Gasteiger partial charge in [0.25, 0.3) is 0 Å². The first-order valence-electron chi connectivity index (χ1n) is 9.37. The number of benzene rings is 2. The molecule has 2 N–H and O–H groups in total. The molecule has 3 aromatic rings. The molecule has 5 rings (SSSR count). The number of anilines is 2. The Hall–Kier alpha value is -2.37. The highest BCUT2D eigenvalue weighted by atomic mass is 79.9. The Kier molecular flexibility index (Phi) is 4.57. The van der Waals surface area contributed by atoms with E-state index in [-0.39, 0.29) is 17.7 Å². The van der Waals surface area contributed by atoms with E-state index in [1.807, 2.05) is 24.3 Å². The third-order valence-corrected chi connectivity index (χ3v) is 6.96. The number of hydrogen-bond acceptors (Lipinski definition) is 4. The second-order valence-corrected chi connectivity index (χ2v) is 9.13. The predicted molar refractivity (Wildman–Crippen MR) is 119 cm³/mol. The molecule has 0 fully saturated rings. The summed E-state index contributed by atoms with van der Waals surface area (Å²) in [5.74, 6) is 0.463. The number of ketones is 1. The molecule has 0 radical (unpaired) electrons. The summed E-state index contributed by atoms with van der Waals surface area (Å²) in [6, 6.07) is 20.4. The van der Waals surface area contributed by atoms with Gasteiger partial charge in [-0.25, -0.2) is 0 Å². The molecule has 1 aliphatic carbocycles. The third-order valence-electron chi connectivity index (χ3n) is 5.44. The van der Waals surface area contributed by atoms with Crippen LogP contribution in [0.4, 0.5) is 11.4 Å². The summed E-state index contributed by atoms with van der Waals surface area (Å²) in [4.78, 5) is 14.6. The highest BCUT2D eigenvalue weighted by molar-refractivity contribution is 9.10. The topological polar surface area (TPSA) is 41.1 Å². The first-order chi connectivity index (χ1) is 13.7. The molecule has 3 nitrogen and oxygen atoms in total. The van der Waals surface area contributed by atoms with Gasteiger partial charge in [-0.15, -0.1) is 11.3 Å². The minimum absolute atomic E-state index is 0.166. The van der Waals surface area contributed by atoms with Crippen LogP contribution in [-0.2, 0) is 4.79 Å². The third kappa shape index (κ3) is 3.19. The van der Waals surface area contributed by atoms with Gasteiger partial charge in [-0.1, -0.05) is 46.3 Å². The van der Waals surface area contributed by atoms with Crippen molar-refractivity contribution in [2.45, 2.75) is 24.8 Å². The number of Topliss-reactive ketones (excluding diaryl/α,β-unsaturated/α-hetero) is 1. The fourth-order valence-electron chi connectivity index (χ4n) is 4.15. The number of halogens is 1. The van der Waals surface area contributed by atoms with Crippen LogP contribution < -0.4 is 10.6 Å². The zero-order valence-electron chi connectivity index (χ0n) is 15.1. The van der Waals surface area contributed by atoms with E-state index < -0.39 is 0 Å². The molecule has 0 saturated carbocycles. The van der Waals surface area contributed by atoms with E-state index in [9.17, 15) is 4.79 Å². The predicted octanol–water partition coefficient (Wildman–Crippen LogP) is 6.49. The van der Waals surface area contributed by atoms with Crippen molar-refractivity contribution in [3.05, 3.63) is 92.2 Å². The summed E-state index contributed by atoms with van der Waals surface area (Å²) in [5, 5.41) is 9.30. The molecule has 2 unspecified atom stereocenters. The number of thiophene rings is 1. The second-order valence-electron chi connectivity index (χ2n) is 7.24. The Balaban J connectivity index is 1.64. The molecule has 2 atom stereocenters. The number of carbonyl (C=O) groups is 1. The molecule has 0 spiro atoms. The van der Waals surface area contributed by atoms with Crippen LogP contribution in [0.25, 0.3) is 0 Å². The van der Waals surface area contributed by atoms with Gasteiger partial charge in [0.05, 0.1) is 17.4 Å². The van der Waals surface area contributed by atoms with Crippen LogP contribution in [0.5, 0.6) is 0 Å². The lowest BCUT2D eigenvalue weighted by Gasteiger charge is -2.29. The van der Waals surface area contributed by atoms with Crippen molar-refractivity contribution in [2.75, 3.05) is 10.6 Å². The van der Waals surface area contributed by atoms with E-state index >= 15 is 0 Å². The molecule has 0 bridgehead atoms. The average molecular weight is 451 g/mol. The van der Waals surface area contributed by atoms with Crippen LogP contribution in [0.1, 0.15) is 35.2 Å². The van der Waals surface area contributed by atoms with Gasteiger partial charge in [0.15, 0.2) is 5.78 Å². The van der Waals surface area contributed by atoms with Gasteiger partial charge in [0, 0.05) is 33.0 Å². The molecule has 0 saturated heterocycles. The quantitative estimate of drug-likeness (QED) is 0.468. The van der Waals surface area contributed by atoms with Crippen molar-refractivity contribution in [3.63, 3.8) is 0 Å². The summed E-state index contributed by atoms with van der Waals surface area (Å²) in [6.07, 6.45) is 1.41. The van der Waals surface area contributed by atoms with E-state index in [0.29, 0.717) is 6.42 Å². The highest BCUT2D eigenvalue weighted by Crippen LogP contribution is 2.45. The van der Waals surface area contributed by atoms with E-state index in [0.717, 1.165) is 39.1 Å². The van der Waals surface area contributed by atoms with Crippen LogP contribution >= 0.6 is 27.3 Å². The number of para-hydroxylation sites is 2. The molecule has 0 amide bonds. The van der Waals surface area contributed by atoms with E-state index in [2.05, 4.69) is 68.3 Å². The summed E-state index contributed by atoms with van der Waals surface area (Å²) in [5.41, 5.74) is 5.02. The average Bonchev–Trinajstić information content (AvgIpc) is 3.17. The maximum Gasteiger partial charge on any atom is 0.163 e. The van der Waals surface area contributed by atoms with Gasteiger partial charge >= 0.3 is 0 Å². The molecule has 5 heteroatoms. The van der Waals surface area contributed by atoms with Gasteiger partial charge in [-0.05, 0) is 47.7 Å². The van der Waals surface area contributed by atoms with Crippen molar-refractivity contribution in [2.24, 2.45) is 0 Å². The Morgan fingerprint density at radius 3 is 2.61 bits per heavy atom. The van der Waals surface area contributed by atoms with Crippen LogP contribution in [-0.4, -0.2) is 5.78 Å². The van der Waals surface area contributed by atoms with Crippen molar-refractivity contribution in [1.82, 2.24) is 0 Å². The van der Waals surface area contributed by atoms with E-state index in [1.54, 1.807) is 11.3 Å². The molecule has 1 aliphatic heterocycles. The minimum atomic E-state index is -0.166. The van der Waals surface area contributed by atoms with Crippen molar-refractivity contribution < 1.29 is 4.79 Å². The number of nitrogens with one attached hydrogen (secondary N) is 2. The van der Waals surface area contributed by atoms with E-state index in [4.69, 9.17) is 0 Å². The number of carbonyl (C=O) groups excluding carboxylic acids is 1. The number of rotatable bonds is 2. The summed E-state index contributed by atoms with van der Waals surface area (Å²) in [7, 11) is 0. The molecular formula is C23H19BrN2OS. The molecule has 2 aromatic carbocycles. The molecule has 2 aliphatic rings. The molecule has 2 heterocycles. The molecule has 28 heavy (non-hydrogen) atoms. The molecular weight excluding hydrogens is 432 g/mol. The van der Waals surface area contributed by atoms with Crippen LogP contribution in [0.3, 0.4) is 0 Å². The zero-order chi connectivity index (χ0) is 19.1. The second kappa shape index (κ2) is 7.22. The normalized spacial score (nSPS) is 21.2. The Morgan fingerprint density at radius 2 is 1.82 bits per heavy atom. The Morgan fingerprint density at radius 1 is 0.964 bits per heavy atom. The van der Waals surface area contributed by atoms with Crippen molar-refractivity contribution >= 4 is 44.4 Å². The maximum absolute atomic E-state index is 13.4. The fourth-order valence-corrected chi connectivity index (χ4v) is 5.40. The standard InChI is InChI=1S/C23H19BrN2OS/c24-16-6-3-5-14(11-16)23-22-19(25-17-7-1-2-8-18(17)26-23)12-15(13-20(22)27)21-9-4-10-28-21/h1-11,15,23,25-26H,12-13H2. The summed E-state index contributed by atoms with van der Waals surface area (Å²) < 4.78 is 1.01. The maximum atomic E-state index is 13.4. The smallest absolute Gasteiger partial charge is 0.163 e. The lowest BCUT2D eigenvalue weighted by Crippen LogP contribution is -2.26.